The predicted molar refractivity (Wildman–Crippen MR) is 66.3 cm³/mol. The zero-order valence-corrected chi connectivity index (χ0v) is 10.1. The number of carbonyl (C=O) groups is 1. The van der Waals surface area contributed by atoms with Crippen LogP contribution in [0.15, 0.2) is 30.1 Å². The zero-order valence-electron chi connectivity index (χ0n) is 10.1. The van der Waals surface area contributed by atoms with Crippen molar-refractivity contribution in [1.82, 2.24) is 4.98 Å². The Balaban J connectivity index is 2.18. The Bertz CT molecular complexity index is 438. The molecule has 0 aromatic carbocycles. The van der Waals surface area contributed by atoms with Gasteiger partial charge >= 0.3 is 0 Å². The van der Waals surface area contributed by atoms with Crippen molar-refractivity contribution in [2.24, 2.45) is 0 Å². The second kappa shape index (κ2) is 5.62. The minimum Gasteiger partial charge on any atom is -0.492 e. The Morgan fingerprint density at radius 3 is 3.00 bits per heavy atom. The number of ketones is 1. The van der Waals surface area contributed by atoms with Crippen LogP contribution in [0.3, 0.4) is 0 Å². The van der Waals surface area contributed by atoms with E-state index in [2.05, 4.69) is 11.1 Å². The van der Waals surface area contributed by atoms with Crippen molar-refractivity contribution in [3.05, 3.63) is 35.7 Å². The van der Waals surface area contributed by atoms with Gasteiger partial charge in [-0.25, -0.2) is 0 Å². The summed E-state index contributed by atoms with van der Waals surface area (Å²) in [5.74, 6) is 0.758. The predicted octanol–water partition coefficient (Wildman–Crippen LogP) is 3.16. The van der Waals surface area contributed by atoms with Crippen molar-refractivity contribution < 1.29 is 9.53 Å². The molecule has 90 valence electrons. The molecule has 0 amide bonds. The first-order chi connectivity index (χ1) is 8.31. The smallest absolute Gasteiger partial charge is 0.190 e. The molecule has 0 N–H and O–H groups in total. The Hall–Kier alpha value is -1.64. The Labute approximate surface area is 102 Å². The largest absolute Gasteiger partial charge is 0.492 e. The van der Waals surface area contributed by atoms with Gasteiger partial charge in [0.05, 0.1) is 12.8 Å². The highest BCUT2D eigenvalue weighted by Crippen LogP contribution is 2.22. The van der Waals surface area contributed by atoms with E-state index in [1.54, 1.807) is 18.5 Å². The molecular weight excluding hydrogens is 214 g/mol. The third-order valence-electron chi connectivity index (χ3n) is 2.87. The average Bonchev–Trinajstić information content (AvgIpc) is 2.40. The molecule has 1 aliphatic rings. The maximum absolute atomic E-state index is 12.2. The van der Waals surface area contributed by atoms with Crippen LogP contribution in [-0.2, 0) is 0 Å². The zero-order chi connectivity index (χ0) is 12.1. The number of hydrogen-bond donors (Lipinski definition) is 0. The van der Waals surface area contributed by atoms with Crippen LogP contribution < -0.4 is 4.74 Å². The molecule has 0 saturated heterocycles. The molecule has 0 aliphatic heterocycles. The lowest BCUT2D eigenvalue weighted by molar-refractivity contribution is 0.102. The summed E-state index contributed by atoms with van der Waals surface area (Å²) in [6, 6.07) is 1.77. The van der Waals surface area contributed by atoms with Crippen LogP contribution in [0.25, 0.3) is 0 Å². The molecule has 0 spiro atoms. The summed E-state index contributed by atoms with van der Waals surface area (Å²) < 4.78 is 5.35. The highest BCUT2D eigenvalue weighted by atomic mass is 16.5. The van der Waals surface area contributed by atoms with E-state index in [1.165, 1.54) is 6.42 Å². The molecule has 3 nitrogen and oxygen atoms in total. The lowest BCUT2D eigenvalue weighted by atomic mass is 9.94. The van der Waals surface area contributed by atoms with Crippen molar-refractivity contribution in [2.45, 2.75) is 32.6 Å². The first kappa shape index (κ1) is 11.8. The fraction of sp³-hybridized carbons (Fsp3) is 0.429. The van der Waals surface area contributed by atoms with Gasteiger partial charge in [0, 0.05) is 11.8 Å². The topological polar surface area (TPSA) is 39.2 Å². The van der Waals surface area contributed by atoms with Gasteiger partial charge in [0.25, 0.3) is 0 Å². The number of hydrogen-bond acceptors (Lipinski definition) is 3. The number of allylic oxidation sites excluding steroid dienone is 2. The van der Waals surface area contributed by atoms with Crippen LogP contribution in [0, 0.1) is 0 Å². The fourth-order valence-electron chi connectivity index (χ4n) is 2.02. The van der Waals surface area contributed by atoms with E-state index in [0.29, 0.717) is 17.9 Å². The second-order valence-corrected chi connectivity index (χ2v) is 4.15. The van der Waals surface area contributed by atoms with E-state index in [9.17, 15) is 4.79 Å². The van der Waals surface area contributed by atoms with E-state index >= 15 is 0 Å². The van der Waals surface area contributed by atoms with Gasteiger partial charge in [0.2, 0.25) is 0 Å². The SMILES string of the molecule is CCOc1cncc(C(=O)C2=CCCCC2)c1. The molecular formula is C14H17NO2. The minimum absolute atomic E-state index is 0.0961. The molecule has 1 aromatic heterocycles. The van der Waals surface area contributed by atoms with Gasteiger partial charge in [-0.15, -0.1) is 0 Å². The van der Waals surface area contributed by atoms with Gasteiger partial charge in [0.1, 0.15) is 5.75 Å². The fourth-order valence-corrected chi connectivity index (χ4v) is 2.02. The standard InChI is InChI=1S/C14H17NO2/c1-2-17-13-8-12(9-15-10-13)14(16)11-6-4-3-5-7-11/h6,8-10H,2-5,7H2,1H3. The minimum atomic E-state index is 0.0961. The Morgan fingerprint density at radius 1 is 1.41 bits per heavy atom. The molecule has 0 atom stereocenters. The molecule has 0 fully saturated rings. The first-order valence-corrected chi connectivity index (χ1v) is 6.13. The van der Waals surface area contributed by atoms with E-state index in [4.69, 9.17) is 4.74 Å². The number of nitrogens with zero attached hydrogens (tertiary/aromatic N) is 1. The van der Waals surface area contributed by atoms with E-state index in [-0.39, 0.29) is 5.78 Å². The van der Waals surface area contributed by atoms with Gasteiger partial charge in [0.15, 0.2) is 5.78 Å². The number of rotatable bonds is 4. The molecule has 1 aromatic rings. The monoisotopic (exact) mass is 231 g/mol. The summed E-state index contributed by atoms with van der Waals surface area (Å²) in [6.45, 7) is 2.50. The Morgan fingerprint density at radius 2 is 2.29 bits per heavy atom. The summed E-state index contributed by atoms with van der Waals surface area (Å²) in [6.07, 6.45) is 9.50. The van der Waals surface area contributed by atoms with Crippen LogP contribution in [0.2, 0.25) is 0 Å². The van der Waals surface area contributed by atoms with Crippen LogP contribution in [0.1, 0.15) is 43.0 Å². The lowest BCUT2D eigenvalue weighted by Crippen LogP contribution is -2.07. The van der Waals surface area contributed by atoms with Crippen LogP contribution in [0.5, 0.6) is 5.75 Å². The lowest BCUT2D eigenvalue weighted by Gasteiger charge is -2.11. The van der Waals surface area contributed by atoms with E-state index < -0.39 is 0 Å². The van der Waals surface area contributed by atoms with Crippen molar-refractivity contribution in [2.75, 3.05) is 6.61 Å². The van der Waals surface area contributed by atoms with Crippen LogP contribution in [-0.4, -0.2) is 17.4 Å². The van der Waals surface area contributed by atoms with Gasteiger partial charge in [-0.2, -0.15) is 0 Å². The third kappa shape index (κ3) is 2.93. The molecule has 0 unspecified atom stereocenters. The quantitative estimate of drug-likeness (QED) is 0.747. The molecule has 17 heavy (non-hydrogen) atoms. The van der Waals surface area contributed by atoms with Gasteiger partial charge in [-0.3, -0.25) is 9.78 Å². The number of pyridine rings is 1. The maximum Gasteiger partial charge on any atom is 0.190 e. The summed E-state index contributed by atoms with van der Waals surface area (Å²) in [7, 11) is 0. The third-order valence-corrected chi connectivity index (χ3v) is 2.87. The second-order valence-electron chi connectivity index (χ2n) is 4.15. The van der Waals surface area contributed by atoms with Crippen molar-refractivity contribution in [3.8, 4) is 5.75 Å². The average molecular weight is 231 g/mol. The molecule has 2 rings (SSSR count). The number of ether oxygens (including phenoxy) is 1. The number of carbonyl (C=O) groups excluding carboxylic acids is 1. The highest BCUT2D eigenvalue weighted by Gasteiger charge is 2.15. The summed E-state index contributed by atoms with van der Waals surface area (Å²) >= 11 is 0. The summed E-state index contributed by atoms with van der Waals surface area (Å²) in [4.78, 5) is 16.2. The van der Waals surface area contributed by atoms with E-state index in [1.807, 2.05) is 6.92 Å². The molecule has 1 aliphatic carbocycles. The van der Waals surface area contributed by atoms with Crippen molar-refractivity contribution in [1.29, 1.82) is 0 Å². The summed E-state index contributed by atoms with van der Waals surface area (Å²) in [5.41, 5.74) is 1.55. The van der Waals surface area contributed by atoms with Crippen LogP contribution >= 0.6 is 0 Å². The number of aromatic nitrogens is 1. The molecule has 0 saturated carbocycles. The molecule has 1 heterocycles. The Kier molecular flexibility index (Phi) is 3.91. The molecule has 3 heteroatoms. The molecule has 0 bridgehead atoms. The number of Topliss-reactive ketones (excluding diaryl/α,β-unsaturated/α-hetero) is 1. The van der Waals surface area contributed by atoms with E-state index in [0.717, 1.165) is 24.8 Å². The maximum atomic E-state index is 12.2. The summed E-state index contributed by atoms with van der Waals surface area (Å²) in [5, 5.41) is 0. The normalized spacial score (nSPS) is 15.2. The van der Waals surface area contributed by atoms with Crippen molar-refractivity contribution in [3.63, 3.8) is 0 Å². The van der Waals surface area contributed by atoms with Crippen molar-refractivity contribution >= 4 is 5.78 Å². The highest BCUT2D eigenvalue weighted by molar-refractivity contribution is 6.08. The molecule has 0 radical (unpaired) electrons. The van der Waals surface area contributed by atoms with Gasteiger partial charge in [-0.05, 0) is 44.2 Å². The van der Waals surface area contributed by atoms with Gasteiger partial charge < -0.3 is 4.74 Å². The van der Waals surface area contributed by atoms with Crippen LogP contribution in [0.4, 0.5) is 0 Å². The van der Waals surface area contributed by atoms with Gasteiger partial charge in [-0.1, -0.05) is 6.08 Å². The first-order valence-electron chi connectivity index (χ1n) is 6.13.